The molecule has 1 rings (SSSR count). The van der Waals surface area contributed by atoms with Gasteiger partial charge in [0.15, 0.2) is 6.10 Å². The molecule has 1 unspecified atom stereocenters. The van der Waals surface area contributed by atoms with Gasteiger partial charge in [-0.1, -0.05) is 0 Å². The van der Waals surface area contributed by atoms with Crippen molar-refractivity contribution in [2.75, 3.05) is 18.5 Å². The lowest BCUT2D eigenvalue weighted by molar-refractivity contribution is -0.149. The fourth-order valence-corrected chi connectivity index (χ4v) is 1.52. The minimum Gasteiger partial charge on any atom is -0.479 e. The highest BCUT2D eigenvalue weighted by Crippen LogP contribution is 2.31. The normalized spacial score (nSPS) is 14.4. The van der Waals surface area contributed by atoms with Crippen molar-refractivity contribution in [3.05, 3.63) is 22.1 Å². The van der Waals surface area contributed by atoms with Crippen molar-refractivity contribution in [2.45, 2.75) is 25.2 Å². The number of hydrogen-bond acceptors (Lipinski definition) is 6. The van der Waals surface area contributed by atoms with Gasteiger partial charge in [0, 0.05) is 6.04 Å². The number of carboxylic acids is 1. The third-order valence-electron chi connectivity index (χ3n) is 2.47. The largest absolute Gasteiger partial charge is 0.479 e. The van der Waals surface area contributed by atoms with Crippen molar-refractivity contribution in [3.8, 4) is 0 Å². The molecule has 0 radical (unpaired) electrons. The number of aliphatic hydroxyl groups is 1. The maximum absolute atomic E-state index is 12.8. The van der Waals surface area contributed by atoms with Crippen molar-refractivity contribution in [1.29, 1.82) is 0 Å². The molecule has 4 N–H and O–H groups in total. The van der Waals surface area contributed by atoms with Gasteiger partial charge in [0.05, 0.1) is 25.1 Å². The molecule has 124 valence electrons. The molecule has 0 amide bonds. The van der Waals surface area contributed by atoms with E-state index in [1.165, 1.54) is 6.92 Å². The lowest BCUT2D eigenvalue weighted by Crippen LogP contribution is -2.31. The van der Waals surface area contributed by atoms with Crippen molar-refractivity contribution >= 4 is 11.7 Å². The van der Waals surface area contributed by atoms with E-state index >= 15 is 0 Å². The van der Waals surface area contributed by atoms with E-state index in [-0.39, 0.29) is 6.61 Å². The first-order valence-electron chi connectivity index (χ1n) is 6.03. The van der Waals surface area contributed by atoms with E-state index in [0.29, 0.717) is 0 Å². The summed E-state index contributed by atoms with van der Waals surface area (Å²) in [4.78, 5) is 21.6. The fraction of sp³-hybridized carbons (Fsp3) is 0.545. The van der Waals surface area contributed by atoms with Crippen molar-refractivity contribution < 1.29 is 32.9 Å². The SMILES string of the molecule is C[C@@H](COCC(O)C(=O)O)Nc1cn[nH]c(=O)c1C(F)(F)F. The van der Waals surface area contributed by atoms with Gasteiger partial charge in [-0.15, -0.1) is 0 Å². The Labute approximate surface area is 121 Å². The lowest BCUT2D eigenvalue weighted by atomic mass is 10.2. The first kappa shape index (κ1) is 17.9. The number of rotatable bonds is 7. The molecule has 2 atom stereocenters. The average Bonchev–Trinajstić information content (AvgIpc) is 2.36. The van der Waals surface area contributed by atoms with Gasteiger partial charge in [0.2, 0.25) is 0 Å². The number of aliphatic carboxylic acids is 1. The molecule has 1 aromatic heterocycles. The number of nitrogens with zero attached hydrogens (tertiary/aromatic N) is 1. The van der Waals surface area contributed by atoms with E-state index in [1.807, 2.05) is 0 Å². The Morgan fingerprint density at radius 2 is 2.14 bits per heavy atom. The number of ether oxygens (including phenoxy) is 1. The summed E-state index contributed by atoms with van der Waals surface area (Å²) in [6, 6.07) is -0.689. The summed E-state index contributed by atoms with van der Waals surface area (Å²) in [5, 5.41) is 24.8. The Bertz CT molecular complexity index is 575. The van der Waals surface area contributed by atoms with Crippen LogP contribution in [0.5, 0.6) is 0 Å². The minimum absolute atomic E-state index is 0.186. The Morgan fingerprint density at radius 3 is 2.68 bits per heavy atom. The molecule has 22 heavy (non-hydrogen) atoms. The molecule has 1 aromatic rings. The molecular formula is C11H14F3N3O5. The van der Waals surface area contributed by atoms with Gasteiger partial charge in [0.1, 0.15) is 5.56 Å². The van der Waals surface area contributed by atoms with E-state index in [2.05, 4.69) is 10.4 Å². The summed E-state index contributed by atoms with van der Waals surface area (Å²) in [6.07, 6.45) is -5.77. The summed E-state index contributed by atoms with van der Waals surface area (Å²) in [5.74, 6) is -1.47. The van der Waals surface area contributed by atoms with E-state index in [0.717, 1.165) is 6.20 Å². The molecule has 0 aromatic carbocycles. The lowest BCUT2D eigenvalue weighted by Gasteiger charge is -2.18. The molecular weight excluding hydrogens is 311 g/mol. The Morgan fingerprint density at radius 1 is 1.50 bits per heavy atom. The standard InChI is InChI=1S/C11H14F3N3O5/c1-5(3-22-4-7(18)10(20)21)16-6-2-15-17-9(19)8(6)11(12,13)14/h2,5,7,18H,3-4H2,1H3,(H,20,21)(H2,16,17,19)/t5-,7?/m0/s1. The topological polar surface area (TPSA) is 125 Å². The molecule has 0 aliphatic carbocycles. The summed E-state index contributed by atoms with van der Waals surface area (Å²) < 4.78 is 43.2. The molecule has 0 fully saturated rings. The molecule has 0 spiro atoms. The Kier molecular flexibility index (Phi) is 5.88. The van der Waals surface area contributed by atoms with Gasteiger partial charge in [-0.2, -0.15) is 18.3 Å². The number of anilines is 1. The molecule has 0 aliphatic rings. The summed E-state index contributed by atoms with van der Waals surface area (Å²) in [6.45, 7) is 0.754. The number of aromatic nitrogens is 2. The van der Waals surface area contributed by atoms with Crippen LogP contribution in [0.3, 0.4) is 0 Å². The van der Waals surface area contributed by atoms with E-state index < -0.39 is 47.7 Å². The van der Waals surface area contributed by atoms with Crippen LogP contribution >= 0.6 is 0 Å². The number of alkyl halides is 3. The third-order valence-corrected chi connectivity index (χ3v) is 2.47. The second kappa shape index (κ2) is 7.22. The van der Waals surface area contributed by atoms with Crippen LogP contribution in [-0.2, 0) is 15.7 Å². The summed E-state index contributed by atoms with van der Waals surface area (Å²) in [7, 11) is 0. The van der Waals surface area contributed by atoms with Crippen LogP contribution in [0.4, 0.5) is 18.9 Å². The van der Waals surface area contributed by atoms with Crippen LogP contribution < -0.4 is 10.9 Å². The molecule has 11 heteroatoms. The number of aliphatic hydroxyl groups excluding tert-OH is 1. The Hall–Kier alpha value is -2.14. The van der Waals surface area contributed by atoms with Crippen LogP contribution in [0.2, 0.25) is 0 Å². The monoisotopic (exact) mass is 325 g/mol. The number of carbonyl (C=O) groups is 1. The van der Waals surface area contributed by atoms with Crippen LogP contribution in [0, 0.1) is 0 Å². The smallest absolute Gasteiger partial charge is 0.423 e. The van der Waals surface area contributed by atoms with Crippen molar-refractivity contribution in [2.24, 2.45) is 0 Å². The fourth-order valence-electron chi connectivity index (χ4n) is 1.52. The van der Waals surface area contributed by atoms with E-state index in [4.69, 9.17) is 14.9 Å². The number of H-pyrrole nitrogens is 1. The maximum Gasteiger partial charge on any atom is 0.423 e. The second-order valence-electron chi connectivity index (χ2n) is 4.42. The molecule has 8 nitrogen and oxygen atoms in total. The van der Waals surface area contributed by atoms with Crippen LogP contribution in [0.15, 0.2) is 11.0 Å². The van der Waals surface area contributed by atoms with Gasteiger partial charge in [-0.3, -0.25) is 4.79 Å². The van der Waals surface area contributed by atoms with Crippen molar-refractivity contribution in [3.63, 3.8) is 0 Å². The molecule has 1 heterocycles. The van der Waals surface area contributed by atoms with Gasteiger partial charge < -0.3 is 20.3 Å². The molecule has 0 saturated carbocycles. The predicted octanol–water partition coefficient (Wildman–Crippen LogP) is 0.0512. The molecule has 0 saturated heterocycles. The van der Waals surface area contributed by atoms with Crippen molar-refractivity contribution in [1.82, 2.24) is 10.2 Å². The third kappa shape index (κ3) is 5.00. The molecule has 0 aliphatic heterocycles. The highest BCUT2D eigenvalue weighted by Gasteiger charge is 2.37. The second-order valence-corrected chi connectivity index (χ2v) is 4.42. The van der Waals surface area contributed by atoms with Gasteiger partial charge in [-0.25, -0.2) is 9.89 Å². The highest BCUT2D eigenvalue weighted by molar-refractivity contribution is 5.71. The van der Waals surface area contributed by atoms with Gasteiger partial charge >= 0.3 is 12.1 Å². The first-order valence-corrected chi connectivity index (χ1v) is 6.03. The zero-order valence-electron chi connectivity index (χ0n) is 11.3. The predicted molar refractivity (Wildman–Crippen MR) is 67.4 cm³/mol. The van der Waals surface area contributed by atoms with E-state index in [1.54, 1.807) is 5.10 Å². The zero-order valence-corrected chi connectivity index (χ0v) is 11.3. The highest BCUT2D eigenvalue weighted by atomic mass is 19.4. The zero-order chi connectivity index (χ0) is 16.9. The first-order chi connectivity index (χ1) is 10.1. The number of carboxylic acid groups (broad SMARTS) is 1. The van der Waals surface area contributed by atoms with Gasteiger partial charge in [0.25, 0.3) is 5.56 Å². The molecule has 0 bridgehead atoms. The quantitative estimate of drug-likeness (QED) is 0.558. The number of hydrogen-bond donors (Lipinski definition) is 4. The number of halogens is 3. The Balaban J connectivity index is 2.69. The maximum atomic E-state index is 12.8. The van der Waals surface area contributed by atoms with Gasteiger partial charge in [-0.05, 0) is 6.92 Å². The summed E-state index contributed by atoms with van der Waals surface area (Å²) in [5.41, 5.74) is -3.32. The summed E-state index contributed by atoms with van der Waals surface area (Å²) >= 11 is 0. The van der Waals surface area contributed by atoms with Crippen LogP contribution in [-0.4, -0.2) is 51.7 Å². The number of aromatic amines is 1. The number of nitrogens with one attached hydrogen (secondary N) is 2. The average molecular weight is 325 g/mol. The van der Waals surface area contributed by atoms with E-state index in [9.17, 15) is 22.8 Å². The van der Waals surface area contributed by atoms with Crippen LogP contribution in [0.1, 0.15) is 12.5 Å². The van der Waals surface area contributed by atoms with Crippen LogP contribution in [0.25, 0.3) is 0 Å². The minimum atomic E-state index is -4.86.